The van der Waals surface area contributed by atoms with Gasteiger partial charge in [0.1, 0.15) is 0 Å². The molecule has 0 bridgehead atoms. The lowest BCUT2D eigenvalue weighted by Gasteiger charge is -2.28. The quantitative estimate of drug-likeness (QED) is 0.571. The van der Waals surface area contributed by atoms with Gasteiger partial charge in [0.25, 0.3) is 0 Å². The Morgan fingerprint density at radius 3 is 2.12 bits per heavy atom. The minimum Gasteiger partial charge on any atom is -0.262 e. The number of allylic oxidation sites excluding steroid dienone is 4. The van der Waals surface area contributed by atoms with E-state index in [1.54, 1.807) is 0 Å². The lowest BCUT2D eigenvalue weighted by molar-refractivity contribution is 0.572. The van der Waals surface area contributed by atoms with Crippen LogP contribution in [0.4, 0.5) is 0 Å². The molecule has 0 spiro atoms. The maximum Gasteiger partial charge on any atom is 0.0397 e. The molecular weight excluding hydrogens is 194 g/mol. The van der Waals surface area contributed by atoms with Crippen LogP contribution in [0.2, 0.25) is 0 Å². The highest BCUT2D eigenvalue weighted by Crippen LogP contribution is 2.32. The topological polar surface area (TPSA) is 12.4 Å². The molecule has 0 aromatic rings. The lowest BCUT2D eigenvalue weighted by atomic mass is 9.81. The van der Waals surface area contributed by atoms with Gasteiger partial charge >= 0.3 is 0 Å². The maximum atomic E-state index is 4.81. The average molecular weight is 219 g/mol. The molecule has 16 heavy (non-hydrogen) atoms. The molecule has 0 aromatic heterocycles. The van der Waals surface area contributed by atoms with Crippen LogP contribution in [0.5, 0.6) is 0 Å². The number of aliphatic imine (C=N–C) groups is 1. The largest absolute Gasteiger partial charge is 0.262 e. The minimum absolute atomic E-state index is 0.0612. The number of nitrogens with zero attached hydrogens (tertiary/aromatic N) is 1. The van der Waals surface area contributed by atoms with Gasteiger partial charge in [0.15, 0.2) is 0 Å². The van der Waals surface area contributed by atoms with Gasteiger partial charge in [0.2, 0.25) is 0 Å². The number of hydrogen-bond donors (Lipinski definition) is 0. The van der Waals surface area contributed by atoms with E-state index in [9.17, 15) is 0 Å². The summed E-state index contributed by atoms with van der Waals surface area (Å²) in [5.41, 5.74) is 2.56. The maximum absolute atomic E-state index is 4.81. The third kappa shape index (κ3) is 3.07. The third-order valence-electron chi connectivity index (χ3n) is 3.27. The van der Waals surface area contributed by atoms with Crippen molar-refractivity contribution >= 4 is 5.71 Å². The van der Waals surface area contributed by atoms with Crippen molar-refractivity contribution < 1.29 is 0 Å². The zero-order chi connectivity index (χ0) is 12.6. The van der Waals surface area contributed by atoms with E-state index in [0.717, 1.165) is 0 Å². The Hall–Kier alpha value is -0.850. The monoisotopic (exact) mass is 219 g/mol. The first kappa shape index (κ1) is 13.2. The van der Waals surface area contributed by atoms with Gasteiger partial charge in [-0.2, -0.15) is 0 Å². The van der Waals surface area contributed by atoms with Crippen molar-refractivity contribution in [1.82, 2.24) is 0 Å². The summed E-state index contributed by atoms with van der Waals surface area (Å²) in [5.74, 6) is 0.483. The molecule has 0 saturated carbocycles. The van der Waals surface area contributed by atoms with E-state index in [1.165, 1.54) is 11.4 Å². The zero-order valence-corrected chi connectivity index (χ0v) is 11.8. The summed E-state index contributed by atoms with van der Waals surface area (Å²) in [5, 5.41) is 0. The Labute approximate surface area is 100 Å². The highest BCUT2D eigenvalue weighted by atomic mass is 14.8. The van der Waals surface area contributed by atoms with Gasteiger partial charge in [0.05, 0.1) is 0 Å². The Balaban J connectivity index is 3.30. The van der Waals surface area contributed by atoms with Crippen LogP contribution in [0.15, 0.2) is 28.9 Å². The van der Waals surface area contributed by atoms with Crippen molar-refractivity contribution in [3.8, 4) is 0 Å². The van der Waals surface area contributed by atoms with Crippen molar-refractivity contribution in [2.45, 2.75) is 48.5 Å². The molecule has 90 valence electrons. The summed E-state index contributed by atoms with van der Waals surface area (Å²) in [6.45, 7) is 15.5. The van der Waals surface area contributed by atoms with Crippen LogP contribution < -0.4 is 0 Å². The fourth-order valence-corrected chi connectivity index (χ4v) is 1.64. The van der Waals surface area contributed by atoms with Gasteiger partial charge < -0.3 is 0 Å². The highest BCUT2D eigenvalue weighted by Gasteiger charge is 2.24. The molecule has 1 heteroatoms. The summed E-state index contributed by atoms with van der Waals surface area (Å²) in [6, 6.07) is 0. The van der Waals surface area contributed by atoms with Crippen LogP contribution in [-0.4, -0.2) is 5.71 Å². The summed E-state index contributed by atoms with van der Waals surface area (Å²) in [4.78, 5) is 4.81. The van der Waals surface area contributed by atoms with Crippen LogP contribution in [0.1, 0.15) is 48.5 Å². The predicted molar refractivity (Wildman–Crippen MR) is 72.7 cm³/mol. The summed E-state index contributed by atoms with van der Waals surface area (Å²) >= 11 is 0. The number of rotatable bonds is 1. The molecular formula is C15H25N. The molecule has 0 amide bonds. The van der Waals surface area contributed by atoms with Gasteiger partial charge in [-0.1, -0.05) is 59.8 Å². The Kier molecular flexibility index (Phi) is 3.47. The van der Waals surface area contributed by atoms with E-state index in [0.29, 0.717) is 5.92 Å². The highest BCUT2D eigenvalue weighted by molar-refractivity contribution is 5.90. The lowest BCUT2D eigenvalue weighted by Crippen LogP contribution is -2.22. The van der Waals surface area contributed by atoms with Gasteiger partial charge in [-0.15, -0.1) is 0 Å². The first-order valence-corrected chi connectivity index (χ1v) is 6.13. The molecule has 1 nitrogen and oxygen atoms in total. The van der Waals surface area contributed by atoms with E-state index >= 15 is 0 Å². The van der Waals surface area contributed by atoms with Crippen molar-refractivity contribution in [1.29, 1.82) is 0 Å². The van der Waals surface area contributed by atoms with Gasteiger partial charge in [-0.3, -0.25) is 4.99 Å². The summed E-state index contributed by atoms with van der Waals surface area (Å²) < 4.78 is 0. The Morgan fingerprint density at radius 2 is 1.62 bits per heavy atom. The average Bonchev–Trinajstić information content (AvgIpc) is 2.12. The van der Waals surface area contributed by atoms with Crippen molar-refractivity contribution in [2.75, 3.05) is 0 Å². The molecule has 1 rings (SSSR count). The van der Waals surface area contributed by atoms with Gasteiger partial charge in [0, 0.05) is 22.2 Å². The molecule has 0 aliphatic carbocycles. The van der Waals surface area contributed by atoms with Gasteiger partial charge in [-0.25, -0.2) is 0 Å². The SMILES string of the molecule is CC1=N/C(C(C)C)=C\C(C)(C)/C=C\C1(C)C. The van der Waals surface area contributed by atoms with Crippen LogP contribution in [-0.2, 0) is 0 Å². The molecule has 0 fully saturated rings. The van der Waals surface area contributed by atoms with E-state index in [1.807, 2.05) is 0 Å². The van der Waals surface area contributed by atoms with E-state index in [-0.39, 0.29) is 10.8 Å². The third-order valence-corrected chi connectivity index (χ3v) is 3.27. The molecule has 0 N–H and O–H groups in total. The minimum atomic E-state index is 0.0612. The zero-order valence-electron chi connectivity index (χ0n) is 11.8. The smallest absolute Gasteiger partial charge is 0.0397 e. The van der Waals surface area contributed by atoms with Crippen molar-refractivity contribution in [3.63, 3.8) is 0 Å². The van der Waals surface area contributed by atoms with Crippen LogP contribution >= 0.6 is 0 Å². The second-order valence-corrected chi connectivity index (χ2v) is 6.30. The first-order chi connectivity index (χ1) is 7.14. The van der Waals surface area contributed by atoms with Gasteiger partial charge in [-0.05, 0) is 12.8 Å². The fraction of sp³-hybridized carbons (Fsp3) is 0.667. The predicted octanol–water partition coefficient (Wildman–Crippen LogP) is 4.61. The molecule has 0 aromatic carbocycles. The Morgan fingerprint density at radius 1 is 1.06 bits per heavy atom. The fourth-order valence-electron chi connectivity index (χ4n) is 1.64. The molecule has 1 aliphatic rings. The first-order valence-electron chi connectivity index (χ1n) is 6.13. The van der Waals surface area contributed by atoms with E-state index in [4.69, 9.17) is 4.99 Å². The summed E-state index contributed by atoms with van der Waals surface area (Å²) in [7, 11) is 0. The normalized spacial score (nSPS) is 28.8. The Bertz CT molecular complexity index is 352. The van der Waals surface area contributed by atoms with Crippen LogP contribution in [0.25, 0.3) is 0 Å². The number of hydrogen-bond acceptors (Lipinski definition) is 1. The summed E-state index contributed by atoms with van der Waals surface area (Å²) in [6.07, 6.45) is 6.86. The molecule has 1 heterocycles. The van der Waals surface area contributed by atoms with Crippen LogP contribution in [0.3, 0.4) is 0 Å². The molecule has 1 aliphatic heterocycles. The van der Waals surface area contributed by atoms with Crippen molar-refractivity contribution in [3.05, 3.63) is 23.9 Å². The molecule has 0 unspecified atom stereocenters. The molecule has 0 radical (unpaired) electrons. The van der Waals surface area contributed by atoms with E-state index in [2.05, 4.69) is 66.7 Å². The van der Waals surface area contributed by atoms with Crippen LogP contribution in [0, 0.1) is 16.7 Å². The standard InChI is InChI=1S/C15H25N/c1-11(2)13-10-14(4,5)8-9-15(6,7)12(3)16-13/h8-11H,1-7H3/b9-8-,13-10-,16-12?. The molecule has 0 saturated heterocycles. The molecule has 0 atom stereocenters. The second kappa shape index (κ2) is 4.20. The second-order valence-electron chi connectivity index (χ2n) is 6.30. The van der Waals surface area contributed by atoms with E-state index < -0.39 is 0 Å². The van der Waals surface area contributed by atoms with Crippen molar-refractivity contribution in [2.24, 2.45) is 21.7 Å².